The summed E-state index contributed by atoms with van der Waals surface area (Å²) >= 11 is 1.28. The predicted octanol–water partition coefficient (Wildman–Crippen LogP) is 4.92. The van der Waals surface area contributed by atoms with Crippen LogP contribution < -0.4 is 16.2 Å². The van der Waals surface area contributed by atoms with Gasteiger partial charge in [0, 0.05) is 16.9 Å². The number of aromatic nitrogens is 3. The molecule has 1 amide bonds. The smallest absolute Gasteiger partial charge is 0.283 e. The Bertz CT molecular complexity index is 1540. The molecule has 0 unspecified atom stereocenters. The van der Waals surface area contributed by atoms with Crippen LogP contribution in [0.3, 0.4) is 0 Å². The van der Waals surface area contributed by atoms with E-state index in [0.29, 0.717) is 32.2 Å². The van der Waals surface area contributed by atoms with Crippen LogP contribution in [0, 0.1) is 13.8 Å². The van der Waals surface area contributed by atoms with Crippen molar-refractivity contribution in [2.75, 3.05) is 10.6 Å². The van der Waals surface area contributed by atoms with Gasteiger partial charge in [-0.25, -0.2) is 4.98 Å². The number of carbonyl (C=O) groups is 1. The lowest BCUT2D eigenvalue weighted by Crippen LogP contribution is -2.16. The largest absolute Gasteiger partial charge is 0.330 e. The first-order valence-corrected chi connectivity index (χ1v) is 10.8. The fourth-order valence-electron chi connectivity index (χ4n) is 3.37. The fraction of sp³-hybridized carbons (Fsp3) is 0.0833. The first kappa shape index (κ1) is 19.9. The van der Waals surface area contributed by atoms with E-state index in [2.05, 4.69) is 20.7 Å². The molecule has 0 aliphatic heterocycles. The second kappa shape index (κ2) is 7.90. The van der Waals surface area contributed by atoms with Gasteiger partial charge in [0.1, 0.15) is 0 Å². The monoisotopic (exact) mass is 441 g/mol. The Labute approximate surface area is 187 Å². The van der Waals surface area contributed by atoms with Gasteiger partial charge in [-0.1, -0.05) is 47.2 Å². The molecule has 2 N–H and O–H groups in total. The van der Waals surface area contributed by atoms with E-state index in [0.717, 1.165) is 16.8 Å². The zero-order chi connectivity index (χ0) is 22.2. The van der Waals surface area contributed by atoms with Crippen molar-refractivity contribution < 1.29 is 4.79 Å². The SMILES string of the molecule is Cc1ccc(NC(=O)c2ccc3c(=O)n4nc(Nc5ccccc5C)sc4nc3c2)cc1. The number of amides is 1. The summed E-state index contributed by atoms with van der Waals surface area (Å²) in [5, 5.41) is 11.5. The third kappa shape index (κ3) is 3.72. The second-order valence-electron chi connectivity index (χ2n) is 7.51. The van der Waals surface area contributed by atoms with Gasteiger partial charge in [-0.3, -0.25) is 9.59 Å². The molecule has 8 heteroatoms. The fourth-order valence-corrected chi connectivity index (χ4v) is 4.18. The Morgan fingerprint density at radius 1 is 1.00 bits per heavy atom. The van der Waals surface area contributed by atoms with Crippen molar-refractivity contribution in [3.63, 3.8) is 0 Å². The van der Waals surface area contributed by atoms with Crippen LogP contribution in [0.1, 0.15) is 21.5 Å². The minimum atomic E-state index is -0.274. The topological polar surface area (TPSA) is 88.4 Å². The van der Waals surface area contributed by atoms with Crippen molar-refractivity contribution in [3.8, 4) is 0 Å². The summed E-state index contributed by atoms with van der Waals surface area (Å²) in [5.41, 5.74) is 4.42. The maximum Gasteiger partial charge on any atom is 0.283 e. The van der Waals surface area contributed by atoms with Crippen molar-refractivity contribution in [1.82, 2.24) is 14.6 Å². The van der Waals surface area contributed by atoms with Crippen LogP contribution in [0.5, 0.6) is 0 Å². The molecule has 2 aromatic heterocycles. The number of carbonyl (C=O) groups excluding carboxylic acids is 1. The van der Waals surface area contributed by atoms with Crippen molar-refractivity contribution in [1.29, 1.82) is 0 Å². The number of aryl methyl sites for hydroxylation is 2. The zero-order valence-corrected chi connectivity index (χ0v) is 18.2. The maximum atomic E-state index is 13.0. The Morgan fingerprint density at radius 3 is 2.56 bits per heavy atom. The van der Waals surface area contributed by atoms with Crippen LogP contribution in [0.25, 0.3) is 15.9 Å². The zero-order valence-electron chi connectivity index (χ0n) is 17.4. The molecule has 0 atom stereocenters. The molecular weight excluding hydrogens is 422 g/mol. The molecule has 0 bridgehead atoms. The number of benzene rings is 3. The number of nitrogens with one attached hydrogen (secondary N) is 2. The lowest BCUT2D eigenvalue weighted by Gasteiger charge is -2.06. The van der Waals surface area contributed by atoms with Crippen molar-refractivity contribution >= 4 is 49.6 Å². The van der Waals surface area contributed by atoms with Crippen LogP contribution in [-0.4, -0.2) is 20.5 Å². The lowest BCUT2D eigenvalue weighted by molar-refractivity contribution is 0.102. The van der Waals surface area contributed by atoms with Gasteiger partial charge >= 0.3 is 0 Å². The van der Waals surface area contributed by atoms with Gasteiger partial charge in [0.25, 0.3) is 11.5 Å². The highest BCUT2D eigenvalue weighted by Gasteiger charge is 2.14. The number of fused-ring (bicyclic) bond motifs is 2. The van der Waals surface area contributed by atoms with E-state index >= 15 is 0 Å². The molecule has 0 fully saturated rings. The number of nitrogens with zero attached hydrogens (tertiary/aromatic N) is 3. The van der Waals surface area contributed by atoms with E-state index in [9.17, 15) is 9.59 Å². The van der Waals surface area contributed by atoms with E-state index in [-0.39, 0.29) is 11.5 Å². The van der Waals surface area contributed by atoms with Crippen LogP contribution >= 0.6 is 11.3 Å². The Balaban J connectivity index is 1.49. The molecule has 0 spiro atoms. The summed E-state index contributed by atoms with van der Waals surface area (Å²) in [6.45, 7) is 3.98. The van der Waals surface area contributed by atoms with E-state index in [4.69, 9.17) is 0 Å². The van der Waals surface area contributed by atoms with E-state index in [1.54, 1.807) is 18.2 Å². The first-order valence-electron chi connectivity index (χ1n) is 10.0. The van der Waals surface area contributed by atoms with Crippen molar-refractivity contribution in [3.05, 3.63) is 93.8 Å². The average Bonchev–Trinajstić information content (AvgIpc) is 3.19. The van der Waals surface area contributed by atoms with Gasteiger partial charge in [0.2, 0.25) is 10.1 Å². The third-order valence-corrected chi connectivity index (χ3v) is 5.98. The van der Waals surface area contributed by atoms with E-state index in [1.807, 2.05) is 62.4 Å². The normalized spacial score (nSPS) is 11.1. The summed E-state index contributed by atoms with van der Waals surface area (Å²) in [6, 6.07) is 20.3. The van der Waals surface area contributed by atoms with Crippen LogP contribution in [0.15, 0.2) is 71.5 Å². The molecule has 158 valence electrons. The molecule has 0 saturated heterocycles. The molecule has 0 aliphatic carbocycles. The molecule has 7 nitrogen and oxygen atoms in total. The third-order valence-electron chi connectivity index (χ3n) is 5.15. The molecule has 0 saturated carbocycles. The summed E-state index contributed by atoms with van der Waals surface area (Å²) in [5.74, 6) is -0.260. The van der Waals surface area contributed by atoms with Gasteiger partial charge in [-0.05, 0) is 55.8 Å². The van der Waals surface area contributed by atoms with Gasteiger partial charge in [-0.15, -0.1) is 5.10 Å². The second-order valence-corrected chi connectivity index (χ2v) is 8.47. The Kier molecular flexibility index (Phi) is 4.91. The Hall–Kier alpha value is -4.04. The molecule has 5 rings (SSSR count). The molecule has 0 aliphatic rings. The van der Waals surface area contributed by atoms with E-state index < -0.39 is 0 Å². The van der Waals surface area contributed by atoms with Gasteiger partial charge in [0.05, 0.1) is 10.9 Å². The van der Waals surface area contributed by atoms with Crippen molar-refractivity contribution in [2.45, 2.75) is 13.8 Å². The minimum absolute atomic E-state index is 0.260. The average molecular weight is 442 g/mol. The standard InChI is InChI=1S/C24H19N5O2S/c1-14-7-10-17(11-8-14)25-21(30)16-9-12-18-20(13-16)27-24-29(22(18)31)28-23(32-24)26-19-6-4-3-5-15(19)2/h3-13H,1-2H3,(H,25,30)(H,26,28). The minimum Gasteiger partial charge on any atom is -0.330 e. The van der Waals surface area contributed by atoms with Crippen LogP contribution in [0.4, 0.5) is 16.5 Å². The Morgan fingerprint density at radius 2 is 1.78 bits per heavy atom. The summed E-state index contributed by atoms with van der Waals surface area (Å²) in [4.78, 5) is 30.7. The predicted molar refractivity (Wildman–Crippen MR) is 128 cm³/mol. The summed E-state index contributed by atoms with van der Waals surface area (Å²) in [7, 11) is 0. The molecule has 5 aromatic rings. The molecule has 0 radical (unpaired) electrons. The number of rotatable bonds is 4. The van der Waals surface area contributed by atoms with Gasteiger partial charge in [0.15, 0.2) is 0 Å². The highest BCUT2D eigenvalue weighted by atomic mass is 32.1. The number of hydrogen-bond donors (Lipinski definition) is 2. The number of anilines is 3. The molecule has 32 heavy (non-hydrogen) atoms. The van der Waals surface area contributed by atoms with Crippen LogP contribution in [-0.2, 0) is 0 Å². The maximum absolute atomic E-state index is 13.0. The first-order chi connectivity index (χ1) is 15.5. The molecular formula is C24H19N5O2S. The van der Waals surface area contributed by atoms with Gasteiger partial charge < -0.3 is 10.6 Å². The number of para-hydroxylation sites is 1. The van der Waals surface area contributed by atoms with Crippen molar-refractivity contribution in [2.24, 2.45) is 0 Å². The quantitative estimate of drug-likeness (QED) is 0.413. The summed E-state index contributed by atoms with van der Waals surface area (Å²) in [6.07, 6.45) is 0. The summed E-state index contributed by atoms with van der Waals surface area (Å²) < 4.78 is 1.29. The highest BCUT2D eigenvalue weighted by molar-refractivity contribution is 7.20. The van der Waals surface area contributed by atoms with Crippen LogP contribution in [0.2, 0.25) is 0 Å². The number of hydrogen-bond acceptors (Lipinski definition) is 6. The van der Waals surface area contributed by atoms with Gasteiger partial charge in [-0.2, -0.15) is 4.52 Å². The van der Waals surface area contributed by atoms with E-state index in [1.165, 1.54) is 15.9 Å². The molecule has 2 heterocycles. The lowest BCUT2D eigenvalue weighted by atomic mass is 10.1. The highest BCUT2D eigenvalue weighted by Crippen LogP contribution is 2.25. The molecule has 3 aromatic carbocycles.